The van der Waals surface area contributed by atoms with Gasteiger partial charge in [-0.25, -0.2) is 13.1 Å². The highest BCUT2D eigenvalue weighted by molar-refractivity contribution is 7.89. The summed E-state index contributed by atoms with van der Waals surface area (Å²) in [5.41, 5.74) is 2.54. The second-order valence-corrected chi connectivity index (χ2v) is 7.59. The average molecular weight is 363 g/mol. The van der Waals surface area contributed by atoms with Crippen molar-refractivity contribution in [3.8, 4) is 11.5 Å². The molecule has 0 radical (unpaired) electrons. The van der Waals surface area contributed by atoms with Gasteiger partial charge in [-0.2, -0.15) is 0 Å². The van der Waals surface area contributed by atoms with Crippen molar-refractivity contribution in [2.75, 3.05) is 19.8 Å². The minimum Gasteiger partial charge on any atom is -0.494 e. The van der Waals surface area contributed by atoms with Crippen LogP contribution in [-0.4, -0.2) is 28.2 Å². The van der Waals surface area contributed by atoms with E-state index in [1.54, 1.807) is 6.07 Å². The standard InChI is InChI=1S/C19H25NO4S/c1-5-23-17-7-6-8-18(13-17)24-10-9-20-25(21,22)19-15(3)11-14(2)12-16(19)4/h6-8,11-13,20H,5,9-10H2,1-4H3. The monoisotopic (exact) mass is 363 g/mol. The lowest BCUT2D eigenvalue weighted by atomic mass is 10.1. The summed E-state index contributed by atoms with van der Waals surface area (Å²) in [5, 5.41) is 0. The first-order chi connectivity index (χ1) is 11.8. The Balaban J connectivity index is 1.96. The molecule has 0 unspecified atom stereocenters. The third kappa shape index (κ3) is 5.21. The summed E-state index contributed by atoms with van der Waals surface area (Å²) in [6, 6.07) is 11.0. The van der Waals surface area contributed by atoms with E-state index in [4.69, 9.17) is 9.47 Å². The maximum absolute atomic E-state index is 12.5. The molecule has 2 aromatic carbocycles. The number of hydrogen-bond donors (Lipinski definition) is 1. The van der Waals surface area contributed by atoms with Crippen LogP contribution in [0.5, 0.6) is 11.5 Å². The Bertz CT molecular complexity index is 808. The quantitative estimate of drug-likeness (QED) is 0.731. The van der Waals surface area contributed by atoms with Crippen LogP contribution in [0.15, 0.2) is 41.3 Å². The number of nitrogens with one attached hydrogen (secondary N) is 1. The normalized spacial score (nSPS) is 11.4. The lowest BCUT2D eigenvalue weighted by molar-refractivity contribution is 0.313. The molecule has 5 nitrogen and oxygen atoms in total. The van der Waals surface area contributed by atoms with Crippen molar-refractivity contribution in [2.45, 2.75) is 32.6 Å². The third-order valence-electron chi connectivity index (χ3n) is 3.65. The number of aryl methyl sites for hydroxylation is 3. The number of rotatable bonds is 8. The topological polar surface area (TPSA) is 64.6 Å². The van der Waals surface area contributed by atoms with Crippen LogP contribution in [-0.2, 0) is 10.0 Å². The summed E-state index contributed by atoms with van der Waals surface area (Å²) in [5.74, 6) is 1.37. The van der Waals surface area contributed by atoms with Crippen molar-refractivity contribution >= 4 is 10.0 Å². The summed E-state index contributed by atoms with van der Waals surface area (Å²) in [4.78, 5) is 0.344. The molecule has 6 heteroatoms. The van der Waals surface area contributed by atoms with Crippen molar-refractivity contribution < 1.29 is 17.9 Å². The predicted molar refractivity (Wildman–Crippen MR) is 98.9 cm³/mol. The van der Waals surface area contributed by atoms with Gasteiger partial charge in [-0.15, -0.1) is 0 Å². The van der Waals surface area contributed by atoms with E-state index < -0.39 is 10.0 Å². The van der Waals surface area contributed by atoms with E-state index in [1.807, 2.05) is 58.0 Å². The van der Waals surface area contributed by atoms with Crippen LogP contribution in [0.3, 0.4) is 0 Å². The van der Waals surface area contributed by atoms with Gasteiger partial charge in [0.25, 0.3) is 0 Å². The third-order valence-corrected chi connectivity index (χ3v) is 5.42. The Kier molecular flexibility index (Phi) is 6.45. The fourth-order valence-electron chi connectivity index (χ4n) is 2.83. The van der Waals surface area contributed by atoms with Crippen LogP contribution in [0.4, 0.5) is 0 Å². The van der Waals surface area contributed by atoms with Gasteiger partial charge >= 0.3 is 0 Å². The molecule has 0 aromatic heterocycles. The van der Waals surface area contributed by atoms with E-state index >= 15 is 0 Å². The first-order valence-corrected chi connectivity index (χ1v) is 9.75. The molecule has 0 spiro atoms. The van der Waals surface area contributed by atoms with Crippen LogP contribution in [0.2, 0.25) is 0 Å². The van der Waals surface area contributed by atoms with Gasteiger partial charge in [-0.05, 0) is 51.0 Å². The zero-order chi connectivity index (χ0) is 18.4. The summed E-state index contributed by atoms with van der Waals surface area (Å²) < 4.78 is 38.7. The van der Waals surface area contributed by atoms with Crippen molar-refractivity contribution in [3.63, 3.8) is 0 Å². The number of ether oxygens (including phenoxy) is 2. The molecule has 0 aliphatic rings. The molecule has 2 rings (SSSR count). The second kappa shape index (κ2) is 8.36. The van der Waals surface area contributed by atoms with Gasteiger partial charge in [-0.1, -0.05) is 23.8 Å². The molecular formula is C19H25NO4S. The summed E-state index contributed by atoms with van der Waals surface area (Å²) in [6.07, 6.45) is 0. The smallest absolute Gasteiger partial charge is 0.241 e. The van der Waals surface area contributed by atoms with Crippen LogP contribution >= 0.6 is 0 Å². The highest BCUT2D eigenvalue weighted by atomic mass is 32.2. The van der Waals surface area contributed by atoms with Crippen molar-refractivity contribution in [3.05, 3.63) is 53.1 Å². The van der Waals surface area contributed by atoms with Gasteiger partial charge < -0.3 is 9.47 Å². The first-order valence-electron chi connectivity index (χ1n) is 8.26. The van der Waals surface area contributed by atoms with Gasteiger partial charge in [0.1, 0.15) is 18.1 Å². The maximum Gasteiger partial charge on any atom is 0.241 e. The SMILES string of the molecule is CCOc1cccc(OCCNS(=O)(=O)c2c(C)cc(C)cc2C)c1. The molecule has 0 fully saturated rings. The van der Waals surface area contributed by atoms with Gasteiger partial charge in [0, 0.05) is 12.6 Å². The number of hydrogen-bond acceptors (Lipinski definition) is 4. The molecule has 0 amide bonds. The zero-order valence-electron chi connectivity index (χ0n) is 15.1. The van der Waals surface area contributed by atoms with E-state index in [1.165, 1.54) is 0 Å². The summed E-state index contributed by atoms with van der Waals surface area (Å²) in [6.45, 7) is 8.49. The zero-order valence-corrected chi connectivity index (χ0v) is 15.9. The molecule has 0 atom stereocenters. The van der Waals surface area contributed by atoms with E-state index in [2.05, 4.69) is 4.72 Å². The molecule has 25 heavy (non-hydrogen) atoms. The van der Waals surface area contributed by atoms with E-state index in [-0.39, 0.29) is 13.2 Å². The largest absolute Gasteiger partial charge is 0.494 e. The molecule has 0 bridgehead atoms. The van der Waals surface area contributed by atoms with Gasteiger partial charge in [0.15, 0.2) is 0 Å². The highest BCUT2D eigenvalue weighted by Crippen LogP contribution is 2.22. The Morgan fingerprint density at radius 3 is 2.16 bits per heavy atom. The summed E-state index contributed by atoms with van der Waals surface area (Å²) in [7, 11) is -3.56. The Morgan fingerprint density at radius 1 is 0.960 bits per heavy atom. The van der Waals surface area contributed by atoms with E-state index in [9.17, 15) is 8.42 Å². The Labute approximate surface area is 150 Å². The van der Waals surface area contributed by atoms with Gasteiger partial charge in [0.2, 0.25) is 10.0 Å². The van der Waals surface area contributed by atoms with E-state index in [0.717, 1.165) is 22.4 Å². The average Bonchev–Trinajstić information content (AvgIpc) is 2.51. The van der Waals surface area contributed by atoms with Crippen LogP contribution in [0.25, 0.3) is 0 Å². The second-order valence-electron chi connectivity index (χ2n) is 5.88. The molecule has 0 aliphatic carbocycles. The Morgan fingerprint density at radius 2 is 1.56 bits per heavy atom. The molecule has 0 aliphatic heterocycles. The van der Waals surface area contributed by atoms with Crippen LogP contribution in [0.1, 0.15) is 23.6 Å². The molecular weight excluding hydrogens is 338 g/mol. The molecule has 0 saturated carbocycles. The lowest BCUT2D eigenvalue weighted by Gasteiger charge is -2.13. The lowest BCUT2D eigenvalue weighted by Crippen LogP contribution is -2.29. The minimum absolute atomic E-state index is 0.188. The van der Waals surface area contributed by atoms with Crippen molar-refractivity contribution in [2.24, 2.45) is 0 Å². The van der Waals surface area contributed by atoms with E-state index in [0.29, 0.717) is 17.3 Å². The fraction of sp³-hybridized carbons (Fsp3) is 0.368. The molecule has 0 saturated heterocycles. The van der Waals surface area contributed by atoms with Crippen LogP contribution < -0.4 is 14.2 Å². The fourth-order valence-corrected chi connectivity index (χ4v) is 4.29. The maximum atomic E-state index is 12.5. The molecule has 0 heterocycles. The number of benzene rings is 2. The highest BCUT2D eigenvalue weighted by Gasteiger charge is 2.19. The van der Waals surface area contributed by atoms with Crippen molar-refractivity contribution in [1.29, 1.82) is 0 Å². The van der Waals surface area contributed by atoms with Crippen LogP contribution in [0, 0.1) is 20.8 Å². The molecule has 136 valence electrons. The van der Waals surface area contributed by atoms with Crippen molar-refractivity contribution in [1.82, 2.24) is 4.72 Å². The summed E-state index contributed by atoms with van der Waals surface area (Å²) >= 11 is 0. The van der Waals surface area contributed by atoms with Gasteiger partial charge in [-0.3, -0.25) is 0 Å². The van der Waals surface area contributed by atoms with Gasteiger partial charge in [0.05, 0.1) is 11.5 Å². The predicted octanol–water partition coefficient (Wildman–Crippen LogP) is 3.37. The minimum atomic E-state index is -3.56. The molecule has 1 N–H and O–H groups in total. The Hall–Kier alpha value is -2.05. The number of sulfonamides is 1. The molecule has 2 aromatic rings. The first kappa shape index (κ1) is 19.3.